The summed E-state index contributed by atoms with van der Waals surface area (Å²) < 4.78 is 1.94. The van der Waals surface area contributed by atoms with Gasteiger partial charge in [-0.3, -0.25) is 4.68 Å². The first kappa shape index (κ1) is 11.2. The fourth-order valence-corrected chi connectivity index (χ4v) is 2.49. The molecular formula is C13H17N5. The molecule has 0 atom stereocenters. The van der Waals surface area contributed by atoms with Crippen molar-refractivity contribution in [3.05, 3.63) is 23.5 Å². The molecule has 1 aliphatic rings. The summed E-state index contributed by atoms with van der Waals surface area (Å²) in [6, 6.07) is 1.95. The number of anilines is 1. The van der Waals surface area contributed by atoms with Crippen LogP contribution >= 0.6 is 0 Å². The van der Waals surface area contributed by atoms with Gasteiger partial charge < -0.3 is 5.73 Å². The first-order valence-electron chi connectivity index (χ1n) is 6.47. The third-order valence-electron chi connectivity index (χ3n) is 3.35. The number of nitrogens with two attached hydrogens (primary N) is 1. The highest BCUT2D eigenvalue weighted by Crippen LogP contribution is 2.27. The van der Waals surface area contributed by atoms with Crippen LogP contribution in [0, 0.1) is 0 Å². The van der Waals surface area contributed by atoms with Gasteiger partial charge in [-0.1, -0.05) is 6.92 Å². The Hall–Kier alpha value is -1.91. The van der Waals surface area contributed by atoms with Crippen molar-refractivity contribution >= 4 is 5.82 Å². The van der Waals surface area contributed by atoms with E-state index in [1.807, 2.05) is 10.7 Å². The lowest BCUT2D eigenvalue weighted by molar-refractivity contribution is 0.606. The van der Waals surface area contributed by atoms with E-state index in [1.54, 1.807) is 6.20 Å². The van der Waals surface area contributed by atoms with Gasteiger partial charge in [0.1, 0.15) is 11.5 Å². The average Bonchev–Trinajstić information content (AvgIpc) is 2.97. The van der Waals surface area contributed by atoms with Crippen LogP contribution in [-0.4, -0.2) is 19.7 Å². The Morgan fingerprint density at radius 2 is 2.22 bits per heavy atom. The van der Waals surface area contributed by atoms with E-state index >= 15 is 0 Å². The Morgan fingerprint density at radius 1 is 1.33 bits per heavy atom. The van der Waals surface area contributed by atoms with Crippen LogP contribution < -0.4 is 5.73 Å². The number of rotatable bonds is 3. The molecule has 2 aromatic rings. The summed E-state index contributed by atoms with van der Waals surface area (Å²) in [6.45, 7) is 3.01. The van der Waals surface area contributed by atoms with Gasteiger partial charge in [0.15, 0.2) is 5.82 Å². The van der Waals surface area contributed by atoms with Crippen molar-refractivity contribution in [3.63, 3.8) is 0 Å². The molecule has 0 unspecified atom stereocenters. The van der Waals surface area contributed by atoms with Crippen LogP contribution in [-0.2, 0) is 19.4 Å². The number of nitrogens with zero attached hydrogens (tertiary/aromatic N) is 4. The highest BCUT2D eigenvalue weighted by molar-refractivity contribution is 5.56. The van der Waals surface area contributed by atoms with E-state index in [1.165, 1.54) is 0 Å². The molecule has 94 valence electrons. The van der Waals surface area contributed by atoms with Crippen LogP contribution in [0.25, 0.3) is 11.5 Å². The molecule has 1 aliphatic carbocycles. The molecule has 0 radical (unpaired) electrons. The van der Waals surface area contributed by atoms with E-state index < -0.39 is 0 Å². The van der Waals surface area contributed by atoms with Gasteiger partial charge in [0.05, 0.1) is 0 Å². The summed E-state index contributed by atoms with van der Waals surface area (Å²) in [6.07, 6.45) is 5.98. The molecule has 2 aromatic heterocycles. The Kier molecular flexibility index (Phi) is 2.74. The van der Waals surface area contributed by atoms with Crippen molar-refractivity contribution < 1.29 is 0 Å². The van der Waals surface area contributed by atoms with Gasteiger partial charge in [-0.25, -0.2) is 9.97 Å². The van der Waals surface area contributed by atoms with E-state index in [0.29, 0.717) is 11.6 Å². The third-order valence-corrected chi connectivity index (χ3v) is 3.35. The number of nitrogen functional groups attached to an aromatic ring is 1. The Morgan fingerprint density at radius 3 is 3.06 bits per heavy atom. The number of hydrogen-bond donors (Lipinski definition) is 1. The van der Waals surface area contributed by atoms with Crippen molar-refractivity contribution in [2.75, 3.05) is 5.73 Å². The maximum atomic E-state index is 6.02. The summed E-state index contributed by atoms with van der Waals surface area (Å²) in [4.78, 5) is 9.08. The standard InChI is InChI=1S/C13H17N5/c1-2-8-18-11(6-7-15-18)13-16-10-5-3-4-9(10)12(14)17-13/h6-7H,2-5,8H2,1H3,(H2,14,16,17). The monoisotopic (exact) mass is 243 g/mol. The van der Waals surface area contributed by atoms with Crippen LogP contribution in [0.15, 0.2) is 12.3 Å². The molecule has 0 bridgehead atoms. The van der Waals surface area contributed by atoms with Crippen LogP contribution in [0.4, 0.5) is 5.82 Å². The number of fused-ring (bicyclic) bond motifs is 1. The Labute approximate surface area is 106 Å². The first-order valence-corrected chi connectivity index (χ1v) is 6.47. The van der Waals surface area contributed by atoms with Crippen molar-refractivity contribution in [1.82, 2.24) is 19.7 Å². The SMILES string of the molecule is CCCn1nccc1-c1nc(N)c2c(n1)CCC2. The largest absolute Gasteiger partial charge is 0.383 e. The molecule has 18 heavy (non-hydrogen) atoms. The Bertz CT molecular complexity index is 573. The molecule has 0 aromatic carbocycles. The quantitative estimate of drug-likeness (QED) is 0.892. The average molecular weight is 243 g/mol. The van der Waals surface area contributed by atoms with Crippen LogP contribution in [0.2, 0.25) is 0 Å². The summed E-state index contributed by atoms with van der Waals surface area (Å²) in [7, 11) is 0. The molecular weight excluding hydrogens is 226 g/mol. The van der Waals surface area contributed by atoms with E-state index in [2.05, 4.69) is 22.0 Å². The molecule has 0 aliphatic heterocycles. The molecule has 3 rings (SSSR count). The van der Waals surface area contributed by atoms with Crippen molar-refractivity contribution in [2.45, 2.75) is 39.2 Å². The highest BCUT2D eigenvalue weighted by atomic mass is 15.3. The van der Waals surface area contributed by atoms with Gasteiger partial charge >= 0.3 is 0 Å². The second-order valence-corrected chi connectivity index (χ2v) is 4.65. The number of aryl methyl sites for hydroxylation is 2. The third kappa shape index (κ3) is 1.75. The number of aromatic nitrogens is 4. The van der Waals surface area contributed by atoms with E-state index in [-0.39, 0.29) is 0 Å². The second kappa shape index (κ2) is 4.40. The summed E-state index contributed by atoms with van der Waals surface area (Å²) in [5.41, 5.74) is 9.23. The molecule has 2 N–H and O–H groups in total. The minimum absolute atomic E-state index is 0.636. The molecule has 2 heterocycles. The zero-order chi connectivity index (χ0) is 12.5. The van der Waals surface area contributed by atoms with Gasteiger partial charge in [0.25, 0.3) is 0 Å². The smallest absolute Gasteiger partial charge is 0.180 e. The fraction of sp³-hybridized carbons (Fsp3) is 0.462. The maximum absolute atomic E-state index is 6.02. The fourth-order valence-electron chi connectivity index (χ4n) is 2.49. The zero-order valence-corrected chi connectivity index (χ0v) is 10.6. The summed E-state index contributed by atoms with van der Waals surface area (Å²) >= 11 is 0. The highest BCUT2D eigenvalue weighted by Gasteiger charge is 2.19. The van der Waals surface area contributed by atoms with Gasteiger partial charge in [-0.15, -0.1) is 0 Å². The van der Waals surface area contributed by atoms with Crippen molar-refractivity contribution in [2.24, 2.45) is 0 Å². The van der Waals surface area contributed by atoms with E-state index in [0.717, 1.165) is 49.2 Å². The van der Waals surface area contributed by atoms with Crippen LogP contribution in [0.5, 0.6) is 0 Å². The molecule has 0 saturated carbocycles. The predicted octanol–water partition coefficient (Wildman–Crippen LogP) is 1.82. The lowest BCUT2D eigenvalue weighted by atomic mass is 10.2. The van der Waals surface area contributed by atoms with E-state index in [9.17, 15) is 0 Å². The lowest BCUT2D eigenvalue weighted by Crippen LogP contribution is -2.07. The summed E-state index contributed by atoms with van der Waals surface area (Å²) in [5, 5.41) is 4.30. The summed E-state index contributed by atoms with van der Waals surface area (Å²) in [5.74, 6) is 1.34. The normalized spacial score (nSPS) is 13.8. The zero-order valence-electron chi connectivity index (χ0n) is 10.6. The van der Waals surface area contributed by atoms with Crippen molar-refractivity contribution in [3.8, 4) is 11.5 Å². The van der Waals surface area contributed by atoms with Crippen molar-refractivity contribution in [1.29, 1.82) is 0 Å². The topological polar surface area (TPSA) is 69.6 Å². The van der Waals surface area contributed by atoms with Crippen LogP contribution in [0.3, 0.4) is 0 Å². The minimum atomic E-state index is 0.636. The molecule has 5 heteroatoms. The Balaban J connectivity index is 2.06. The first-order chi connectivity index (χ1) is 8.79. The number of hydrogen-bond acceptors (Lipinski definition) is 4. The van der Waals surface area contributed by atoms with Crippen LogP contribution in [0.1, 0.15) is 31.0 Å². The maximum Gasteiger partial charge on any atom is 0.180 e. The van der Waals surface area contributed by atoms with Gasteiger partial charge in [0.2, 0.25) is 0 Å². The molecule has 0 saturated heterocycles. The second-order valence-electron chi connectivity index (χ2n) is 4.65. The molecule has 5 nitrogen and oxygen atoms in total. The predicted molar refractivity (Wildman–Crippen MR) is 70.0 cm³/mol. The van der Waals surface area contributed by atoms with Gasteiger partial charge in [-0.2, -0.15) is 5.10 Å². The minimum Gasteiger partial charge on any atom is -0.383 e. The van der Waals surface area contributed by atoms with Gasteiger partial charge in [0, 0.05) is 24.0 Å². The van der Waals surface area contributed by atoms with E-state index in [4.69, 9.17) is 5.73 Å². The molecule has 0 spiro atoms. The molecule has 0 fully saturated rings. The van der Waals surface area contributed by atoms with Gasteiger partial charge in [-0.05, 0) is 31.7 Å². The lowest BCUT2D eigenvalue weighted by Gasteiger charge is -2.08. The molecule has 0 amide bonds.